The maximum atomic E-state index is 11.5. The fraction of sp³-hybridized carbons (Fsp3) is 0.200. The van der Waals surface area contributed by atoms with Gasteiger partial charge in [0, 0.05) is 12.8 Å². The number of hydrogen-bond acceptors (Lipinski definition) is 4. The molecule has 2 rings (SSSR count). The molecule has 0 atom stereocenters. The predicted molar refractivity (Wildman–Crippen MR) is 71.5 cm³/mol. The van der Waals surface area contributed by atoms with Gasteiger partial charge >= 0.3 is 0 Å². The van der Waals surface area contributed by atoms with E-state index in [2.05, 4.69) is 4.98 Å². The molecule has 0 aliphatic heterocycles. The number of benzene rings is 1. The Kier molecular flexibility index (Phi) is 4.26. The van der Waals surface area contributed by atoms with Crippen molar-refractivity contribution in [3.8, 4) is 11.6 Å². The number of hydrogen-bond donors (Lipinski definition) is 1. The van der Waals surface area contributed by atoms with Crippen molar-refractivity contribution in [1.82, 2.24) is 4.98 Å². The minimum Gasteiger partial charge on any atom is -0.438 e. The summed E-state index contributed by atoms with van der Waals surface area (Å²) in [6.45, 7) is 1.52. The van der Waals surface area contributed by atoms with Gasteiger partial charge in [-0.25, -0.2) is 4.98 Å². The molecular weight excluding hydrogens is 242 g/mol. The fourth-order valence-corrected chi connectivity index (χ4v) is 1.77. The molecule has 0 unspecified atom stereocenters. The normalized spacial score (nSPS) is 10.2. The monoisotopic (exact) mass is 257 g/mol. The van der Waals surface area contributed by atoms with Crippen molar-refractivity contribution < 1.29 is 14.6 Å². The summed E-state index contributed by atoms with van der Waals surface area (Å²) in [6, 6.07) is 10.8. The zero-order valence-electron chi connectivity index (χ0n) is 10.7. The second-order valence-electron chi connectivity index (χ2n) is 4.10. The minimum atomic E-state index is -0.0947. The van der Waals surface area contributed by atoms with E-state index in [1.807, 2.05) is 18.2 Å². The van der Waals surface area contributed by atoms with Gasteiger partial charge in [-0.2, -0.15) is 0 Å². The van der Waals surface area contributed by atoms with Crippen molar-refractivity contribution in [2.45, 2.75) is 13.3 Å². The number of pyridine rings is 1. The molecule has 0 saturated carbocycles. The van der Waals surface area contributed by atoms with E-state index in [1.165, 1.54) is 6.92 Å². The molecule has 98 valence electrons. The van der Waals surface area contributed by atoms with Crippen LogP contribution >= 0.6 is 0 Å². The van der Waals surface area contributed by atoms with Crippen LogP contribution in [0, 0.1) is 0 Å². The minimum absolute atomic E-state index is 0.0438. The number of rotatable bonds is 5. The molecule has 2 aromatic rings. The Hall–Kier alpha value is -2.20. The number of aromatic nitrogens is 1. The van der Waals surface area contributed by atoms with E-state index >= 15 is 0 Å². The highest BCUT2D eigenvalue weighted by Gasteiger charge is 2.11. The molecule has 1 heterocycles. The van der Waals surface area contributed by atoms with Gasteiger partial charge in [0.25, 0.3) is 0 Å². The summed E-state index contributed by atoms with van der Waals surface area (Å²) in [5.74, 6) is 0.806. The van der Waals surface area contributed by atoms with E-state index in [-0.39, 0.29) is 12.4 Å². The Balaban J connectivity index is 2.34. The number of aliphatic hydroxyl groups is 1. The molecule has 19 heavy (non-hydrogen) atoms. The van der Waals surface area contributed by atoms with Gasteiger partial charge in [-0.05, 0) is 37.1 Å². The Morgan fingerprint density at radius 3 is 2.79 bits per heavy atom. The second kappa shape index (κ2) is 6.11. The van der Waals surface area contributed by atoms with Gasteiger partial charge in [-0.15, -0.1) is 0 Å². The number of ether oxygens (including phenoxy) is 1. The molecule has 0 aliphatic carbocycles. The van der Waals surface area contributed by atoms with Crippen LogP contribution in [0.15, 0.2) is 42.6 Å². The lowest BCUT2D eigenvalue weighted by Gasteiger charge is -2.11. The van der Waals surface area contributed by atoms with Crippen LogP contribution in [0.4, 0.5) is 0 Å². The Labute approximate surface area is 111 Å². The molecular formula is C15H15NO3. The molecule has 0 amide bonds. The first-order valence-electron chi connectivity index (χ1n) is 6.05. The van der Waals surface area contributed by atoms with Crippen molar-refractivity contribution in [3.05, 3.63) is 53.7 Å². The van der Waals surface area contributed by atoms with Crippen LogP contribution in [0.25, 0.3) is 0 Å². The van der Waals surface area contributed by atoms with Crippen molar-refractivity contribution >= 4 is 5.78 Å². The highest BCUT2D eigenvalue weighted by Crippen LogP contribution is 2.26. The average Bonchev–Trinajstić information content (AvgIpc) is 2.42. The molecule has 4 nitrogen and oxygen atoms in total. The van der Waals surface area contributed by atoms with E-state index in [9.17, 15) is 4.79 Å². The van der Waals surface area contributed by atoms with E-state index < -0.39 is 0 Å². The van der Waals surface area contributed by atoms with Crippen molar-refractivity contribution in [2.24, 2.45) is 0 Å². The van der Waals surface area contributed by atoms with Crippen molar-refractivity contribution in [1.29, 1.82) is 0 Å². The summed E-state index contributed by atoms with van der Waals surface area (Å²) >= 11 is 0. The molecule has 4 heteroatoms. The first-order chi connectivity index (χ1) is 9.22. The molecule has 1 aromatic carbocycles. The third-order valence-corrected chi connectivity index (χ3v) is 2.71. The highest BCUT2D eigenvalue weighted by molar-refractivity contribution is 5.96. The molecule has 1 N–H and O–H groups in total. The van der Waals surface area contributed by atoms with Gasteiger partial charge in [0.1, 0.15) is 5.75 Å². The van der Waals surface area contributed by atoms with Crippen LogP contribution in [0.2, 0.25) is 0 Å². The fourth-order valence-electron chi connectivity index (χ4n) is 1.77. The number of carbonyl (C=O) groups is 1. The molecule has 0 aliphatic rings. The maximum Gasteiger partial charge on any atom is 0.230 e. The lowest BCUT2D eigenvalue weighted by Crippen LogP contribution is -2.01. The molecule has 1 aromatic heterocycles. The Bertz CT molecular complexity index is 581. The zero-order valence-corrected chi connectivity index (χ0v) is 10.7. The largest absolute Gasteiger partial charge is 0.438 e. The molecule has 0 spiro atoms. The smallest absolute Gasteiger partial charge is 0.230 e. The second-order valence-corrected chi connectivity index (χ2v) is 4.10. The van der Waals surface area contributed by atoms with Crippen LogP contribution in [-0.4, -0.2) is 22.5 Å². The van der Waals surface area contributed by atoms with Gasteiger partial charge in [0.2, 0.25) is 5.88 Å². The van der Waals surface area contributed by atoms with Gasteiger partial charge in [0.05, 0.1) is 5.56 Å². The van der Waals surface area contributed by atoms with E-state index in [4.69, 9.17) is 9.84 Å². The lowest BCUT2D eigenvalue weighted by molar-refractivity contribution is 0.101. The van der Waals surface area contributed by atoms with Crippen molar-refractivity contribution in [3.63, 3.8) is 0 Å². The zero-order chi connectivity index (χ0) is 13.7. The number of ketones is 1. The van der Waals surface area contributed by atoms with Crippen LogP contribution in [0.3, 0.4) is 0 Å². The quantitative estimate of drug-likeness (QED) is 0.836. The number of para-hydroxylation sites is 1. The lowest BCUT2D eigenvalue weighted by atomic mass is 10.1. The number of carbonyl (C=O) groups excluding carboxylic acids is 1. The van der Waals surface area contributed by atoms with Gasteiger partial charge in [-0.3, -0.25) is 4.79 Å². The highest BCUT2D eigenvalue weighted by atomic mass is 16.5. The summed E-state index contributed by atoms with van der Waals surface area (Å²) in [5, 5.41) is 9.03. The standard InChI is InChI=1S/C15H15NO3/c1-11(18)13-6-4-9-16-15(13)19-14-7-3-2-5-12(14)8-10-17/h2-7,9,17H,8,10H2,1H3. The van der Waals surface area contributed by atoms with E-state index in [0.717, 1.165) is 5.56 Å². The molecule has 0 bridgehead atoms. The summed E-state index contributed by atoms with van der Waals surface area (Å²) in [6.07, 6.45) is 2.08. The Morgan fingerprint density at radius 1 is 1.26 bits per heavy atom. The van der Waals surface area contributed by atoms with E-state index in [0.29, 0.717) is 23.6 Å². The van der Waals surface area contributed by atoms with E-state index in [1.54, 1.807) is 24.4 Å². The van der Waals surface area contributed by atoms with Crippen LogP contribution < -0.4 is 4.74 Å². The number of aliphatic hydroxyl groups excluding tert-OH is 1. The predicted octanol–water partition coefficient (Wildman–Crippen LogP) is 2.61. The summed E-state index contributed by atoms with van der Waals surface area (Å²) < 4.78 is 5.71. The van der Waals surface area contributed by atoms with Crippen molar-refractivity contribution in [2.75, 3.05) is 6.61 Å². The summed E-state index contributed by atoms with van der Waals surface area (Å²) in [4.78, 5) is 15.6. The molecule has 0 fully saturated rings. The van der Waals surface area contributed by atoms with Crippen LogP contribution in [0.5, 0.6) is 11.6 Å². The first kappa shape index (κ1) is 13.2. The average molecular weight is 257 g/mol. The van der Waals surface area contributed by atoms with Gasteiger partial charge in [-0.1, -0.05) is 18.2 Å². The Morgan fingerprint density at radius 2 is 2.05 bits per heavy atom. The van der Waals surface area contributed by atoms with Gasteiger partial charge < -0.3 is 9.84 Å². The number of Topliss-reactive ketones (excluding diaryl/α,β-unsaturated/α-hetero) is 1. The summed E-state index contributed by atoms with van der Waals surface area (Å²) in [7, 11) is 0. The molecule has 0 saturated heterocycles. The van der Waals surface area contributed by atoms with Crippen LogP contribution in [0.1, 0.15) is 22.8 Å². The van der Waals surface area contributed by atoms with Gasteiger partial charge in [0.15, 0.2) is 5.78 Å². The number of nitrogens with zero attached hydrogens (tertiary/aromatic N) is 1. The third-order valence-electron chi connectivity index (χ3n) is 2.71. The molecule has 0 radical (unpaired) electrons. The SMILES string of the molecule is CC(=O)c1cccnc1Oc1ccccc1CCO. The third kappa shape index (κ3) is 3.17. The topological polar surface area (TPSA) is 59.4 Å². The maximum absolute atomic E-state index is 11.5. The first-order valence-corrected chi connectivity index (χ1v) is 6.05. The summed E-state index contributed by atoms with van der Waals surface area (Å²) in [5.41, 5.74) is 1.33. The van der Waals surface area contributed by atoms with Crippen LogP contribution in [-0.2, 0) is 6.42 Å².